The molecule has 0 saturated carbocycles. The van der Waals surface area contributed by atoms with Crippen LogP contribution in [0.25, 0.3) is 0 Å². The average molecular weight is 953 g/mol. The molecular formula is C53H92O14. The average Bonchev–Trinajstić information content (AvgIpc) is 3.32. The van der Waals surface area contributed by atoms with Crippen LogP contribution in [0.2, 0.25) is 0 Å². The topological polar surface area (TPSA) is 214 Å². The first-order chi connectivity index (χ1) is 32.6. The van der Waals surface area contributed by atoms with Gasteiger partial charge in [-0.1, -0.05) is 145 Å². The fourth-order valence-corrected chi connectivity index (χ4v) is 7.80. The van der Waals surface area contributed by atoms with E-state index < -0.39 is 86.7 Å². The Morgan fingerprint density at radius 1 is 0.507 bits per heavy atom. The molecule has 0 bridgehead atoms. The lowest BCUT2D eigenvalue weighted by atomic mass is 9.98. The van der Waals surface area contributed by atoms with Gasteiger partial charge in [0.15, 0.2) is 12.6 Å². The zero-order chi connectivity index (χ0) is 48.7. The van der Waals surface area contributed by atoms with Gasteiger partial charge in [0.05, 0.1) is 26.4 Å². The Morgan fingerprint density at radius 2 is 0.970 bits per heavy atom. The second-order valence-corrected chi connectivity index (χ2v) is 18.0. The number of aliphatic hydroxyl groups excluding tert-OH is 7. The summed E-state index contributed by atoms with van der Waals surface area (Å²) in [5.41, 5.74) is 0. The van der Waals surface area contributed by atoms with E-state index >= 15 is 0 Å². The van der Waals surface area contributed by atoms with E-state index in [0.717, 1.165) is 83.5 Å². The second-order valence-electron chi connectivity index (χ2n) is 18.0. The van der Waals surface area contributed by atoms with E-state index in [4.69, 9.17) is 28.4 Å². The normalized spacial score (nSPS) is 26.6. The van der Waals surface area contributed by atoms with Crippen molar-refractivity contribution in [1.82, 2.24) is 0 Å². The summed E-state index contributed by atoms with van der Waals surface area (Å²) in [6.07, 6.45) is 31.3. The number of carbonyl (C=O) groups excluding carboxylic acids is 1. The number of aliphatic hydroxyl groups is 7. The third kappa shape index (κ3) is 28.2. The predicted octanol–water partition coefficient (Wildman–Crippen LogP) is 7.74. The van der Waals surface area contributed by atoms with Crippen molar-refractivity contribution in [2.75, 3.05) is 33.0 Å². The van der Waals surface area contributed by atoms with Gasteiger partial charge in [0.25, 0.3) is 0 Å². The molecule has 2 fully saturated rings. The van der Waals surface area contributed by atoms with E-state index in [0.29, 0.717) is 13.0 Å². The van der Waals surface area contributed by atoms with Gasteiger partial charge >= 0.3 is 5.97 Å². The lowest BCUT2D eigenvalue weighted by Crippen LogP contribution is -2.61. The van der Waals surface area contributed by atoms with Crippen LogP contribution >= 0.6 is 0 Å². The summed E-state index contributed by atoms with van der Waals surface area (Å²) >= 11 is 0. The highest BCUT2D eigenvalue weighted by Gasteiger charge is 2.47. The molecule has 67 heavy (non-hydrogen) atoms. The molecule has 0 aromatic heterocycles. The Hall–Kier alpha value is -2.31. The van der Waals surface area contributed by atoms with Gasteiger partial charge in [-0.3, -0.25) is 4.79 Å². The summed E-state index contributed by atoms with van der Waals surface area (Å²) in [6, 6.07) is 0. The highest BCUT2D eigenvalue weighted by atomic mass is 16.7. The first kappa shape index (κ1) is 60.8. The van der Waals surface area contributed by atoms with Gasteiger partial charge < -0.3 is 64.2 Å². The minimum Gasteiger partial charge on any atom is -0.457 e. The van der Waals surface area contributed by atoms with Crippen molar-refractivity contribution in [3.05, 3.63) is 60.8 Å². The molecule has 7 N–H and O–H groups in total. The summed E-state index contributed by atoms with van der Waals surface area (Å²) < 4.78 is 34.3. The molecule has 0 amide bonds. The Labute approximate surface area is 403 Å². The van der Waals surface area contributed by atoms with Crippen molar-refractivity contribution in [2.45, 2.75) is 235 Å². The maximum Gasteiger partial charge on any atom is 0.306 e. The standard InChI is InChI=1S/C53H92O14/c1-3-5-7-9-11-13-15-17-19-20-21-23-25-27-29-31-33-35-37-62-39-42(65-45(55)36-34-32-30-28-26-24-22-18-16-14-12-10-8-6-4-2)40-63-52-51(61)49(59)47(57)44(67-52)41-64-53-50(60)48(58)46(56)43(38-54)66-53/h6,8,11-14,17-19,22,42-44,46-54,56-61H,3-5,7,9-10,15-16,20-21,23-41H2,1-2H3/b8-6-,13-11-,14-12-,19-17-,22-18-. The molecule has 2 aliphatic heterocycles. The number of esters is 1. The summed E-state index contributed by atoms with van der Waals surface area (Å²) in [5, 5.41) is 72.1. The molecule has 2 heterocycles. The fraction of sp³-hybridized carbons (Fsp3) is 0.792. The van der Waals surface area contributed by atoms with Crippen molar-refractivity contribution in [2.24, 2.45) is 0 Å². The Balaban J connectivity index is 1.77. The third-order valence-corrected chi connectivity index (χ3v) is 12.0. The van der Waals surface area contributed by atoms with E-state index in [2.05, 4.69) is 74.6 Å². The molecule has 11 atom stereocenters. The first-order valence-electron chi connectivity index (χ1n) is 25.9. The van der Waals surface area contributed by atoms with Gasteiger partial charge in [-0.25, -0.2) is 0 Å². The van der Waals surface area contributed by atoms with Crippen LogP contribution in [0.4, 0.5) is 0 Å². The Kier molecular flexibility index (Phi) is 36.7. The van der Waals surface area contributed by atoms with Gasteiger partial charge in [-0.2, -0.15) is 0 Å². The van der Waals surface area contributed by atoms with Gasteiger partial charge in [0.1, 0.15) is 54.9 Å². The highest BCUT2D eigenvalue weighted by molar-refractivity contribution is 5.69. The molecular weight excluding hydrogens is 861 g/mol. The van der Waals surface area contributed by atoms with Crippen molar-refractivity contribution in [1.29, 1.82) is 0 Å². The predicted molar refractivity (Wildman–Crippen MR) is 261 cm³/mol. The molecule has 2 rings (SSSR count). The number of hydrogen-bond donors (Lipinski definition) is 7. The highest BCUT2D eigenvalue weighted by Crippen LogP contribution is 2.26. The summed E-state index contributed by atoms with van der Waals surface area (Å²) in [6.45, 7) is 3.50. The minimum absolute atomic E-state index is 0.0479. The lowest BCUT2D eigenvalue weighted by molar-refractivity contribution is -0.332. The fourth-order valence-electron chi connectivity index (χ4n) is 7.80. The summed E-state index contributed by atoms with van der Waals surface area (Å²) in [5.74, 6) is -0.397. The Morgan fingerprint density at radius 3 is 1.52 bits per heavy atom. The molecule has 0 spiro atoms. The van der Waals surface area contributed by atoms with Crippen LogP contribution in [0.1, 0.15) is 168 Å². The quantitative estimate of drug-likeness (QED) is 0.0178. The smallest absolute Gasteiger partial charge is 0.306 e. The molecule has 2 saturated heterocycles. The van der Waals surface area contributed by atoms with E-state index in [-0.39, 0.29) is 19.6 Å². The van der Waals surface area contributed by atoms with Crippen LogP contribution in [0.15, 0.2) is 60.8 Å². The number of ether oxygens (including phenoxy) is 6. The molecule has 0 aromatic carbocycles. The molecule has 11 unspecified atom stereocenters. The van der Waals surface area contributed by atoms with Gasteiger partial charge in [-0.05, 0) is 77.0 Å². The first-order valence-corrected chi connectivity index (χ1v) is 25.9. The zero-order valence-electron chi connectivity index (χ0n) is 41.1. The number of carbonyl (C=O) groups is 1. The monoisotopic (exact) mass is 953 g/mol. The minimum atomic E-state index is -1.71. The van der Waals surface area contributed by atoms with Crippen LogP contribution < -0.4 is 0 Å². The van der Waals surface area contributed by atoms with Crippen molar-refractivity contribution < 1.29 is 69.0 Å². The largest absolute Gasteiger partial charge is 0.457 e. The van der Waals surface area contributed by atoms with E-state index in [1.807, 2.05) is 0 Å². The van der Waals surface area contributed by atoms with E-state index in [1.54, 1.807) is 0 Å². The molecule has 0 aromatic rings. The molecule has 14 heteroatoms. The number of hydrogen-bond acceptors (Lipinski definition) is 14. The number of unbranched alkanes of at least 4 members (excludes halogenated alkanes) is 16. The SMILES string of the molecule is CC/C=C\C/C=C\C/C=C\CCCCCCCC(=O)OC(COCCCCCCCCCC/C=C\C/C=C\CCCCC)COC1OC(COC2OC(CO)C(O)C(O)C2O)C(O)C(O)C1O. The van der Waals surface area contributed by atoms with E-state index in [9.17, 15) is 40.5 Å². The number of allylic oxidation sites excluding steroid dienone is 10. The maximum absolute atomic E-state index is 13.0. The Bertz CT molecular complexity index is 1340. The van der Waals surface area contributed by atoms with Gasteiger partial charge in [-0.15, -0.1) is 0 Å². The van der Waals surface area contributed by atoms with E-state index in [1.165, 1.54) is 57.8 Å². The number of rotatable bonds is 40. The van der Waals surface area contributed by atoms with Crippen LogP contribution in [0.5, 0.6) is 0 Å². The molecule has 0 radical (unpaired) electrons. The van der Waals surface area contributed by atoms with Crippen molar-refractivity contribution >= 4 is 5.97 Å². The van der Waals surface area contributed by atoms with Crippen molar-refractivity contribution in [3.8, 4) is 0 Å². The van der Waals surface area contributed by atoms with Crippen molar-refractivity contribution in [3.63, 3.8) is 0 Å². The molecule has 388 valence electrons. The second kappa shape index (κ2) is 40.4. The maximum atomic E-state index is 13.0. The van der Waals surface area contributed by atoms with Gasteiger partial charge in [0, 0.05) is 13.0 Å². The lowest BCUT2D eigenvalue weighted by Gasteiger charge is -2.42. The van der Waals surface area contributed by atoms with Gasteiger partial charge in [0.2, 0.25) is 0 Å². The molecule has 2 aliphatic rings. The molecule has 0 aliphatic carbocycles. The van der Waals surface area contributed by atoms with Crippen LogP contribution in [0, 0.1) is 0 Å². The van der Waals surface area contributed by atoms with Crippen LogP contribution in [0.3, 0.4) is 0 Å². The zero-order valence-corrected chi connectivity index (χ0v) is 41.1. The molecule has 14 nitrogen and oxygen atoms in total. The summed E-state index contributed by atoms with van der Waals surface area (Å²) in [7, 11) is 0. The van der Waals surface area contributed by atoms with Crippen LogP contribution in [-0.4, -0.2) is 142 Å². The third-order valence-electron chi connectivity index (χ3n) is 12.0. The van der Waals surface area contributed by atoms with Crippen LogP contribution in [-0.2, 0) is 33.2 Å². The summed E-state index contributed by atoms with van der Waals surface area (Å²) in [4.78, 5) is 13.0.